The van der Waals surface area contributed by atoms with E-state index in [1.54, 1.807) is 12.3 Å². The third-order valence-electron chi connectivity index (χ3n) is 2.43. The fourth-order valence-electron chi connectivity index (χ4n) is 1.71. The molecule has 2 aromatic rings. The van der Waals surface area contributed by atoms with Crippen molar-refractivity contribution in [2.24, 2.45) is 0 Å². The summed E-state index contributed by atoms with van der Waals surface area (Å²) in [5.41, 5.74) is 6.52. The van der Waals surface area contributed by atoms with Gasteiger partial charge in [-0.1, -0.05) is 11.6 Å². The van der Waals surface area contributed by atoms with E-state index in [9.17, 15) is 0 Å². The monoisotopic (exact) mass is 249 g/mol. The lowest BCUT2D eigenvalue weighted by molar-refractivity contribution is 0.631. The molecular formula is C13H16ClN3. The molecule has 0 aliphatic rings. The van der Waals surface area contributed by atoms with Gasteiger partial charge < -0.3 is 11.1 Å². The van der Waals surface area contributed by atoms with Crippen LogP contribution in [0, 0.1) is 0 Å². The number of nitrogens with two attached hydrogens (primary N) is 1. The molecule has 4 heteroatoms. The Morgan fingerprint density at radius 3 is 2.53 bits per heavy atom. The molecular weight excluding hydrogens is 234 g/mol. The van der Waals surface area contributed by atoms with E-state index in [0.29, 0.717) is 10.7 Å². The van der Waals surface area contributed by atoms with Gasteiger partial charge in [0.1, 0.15) is 5.82 Å². The number of pyridine rings is 1. The van der Waals surface area contributed by atoms with Crippen molar-refractivity contribution in [3.63, 3.8) is 0 Å². The van der Waals surface area contributed by atoms with Crippen molar-refractivity contribution < 1.29 is 0 Å². The summed E-state index contributed by atoms with van der Waals surface area (Å²) in [6.07, 6.45) is 1.74. The molecule has 0 aliphatic carbocycles. The normalized spacial score (nSPS) is 11.8. The zero-order valence-corrected chi connectivity index (χ0v) is 11.0. The van der Waals surface area contributed by atoms with Gasteiger partial charge in [-0.2, -0.15) is 0 Å². The van der Waals surface area contributed by atoms with E-state index in [2.05, 4.69) is 31.1 Å². The van der Waals surface area contributed by atoms with Crippen LogP contribution in [0.2, 0.25) is 5.02 Å². The van der Waals surface area contributed by atoms with Gasteiger partial charge in [0.05, 0.1) is 10.7 Å². The van der Waals surface area contributed by atoms with Gasteiger partial charge in [0.25, 0.3) is 0 Å². The van der Waals surface area contributed by atoms with Crippen LogP contribution in [0.1, 0.15) is 20.8 Å². The van der Waals surface area contributed by atoms with Crippen LogP contribution in [-0.2, 0) is 0 Å². The zero-order valence-electron chi connectivity index (χ0n) is 10.2. The molecule has 90 valence electrons. The summed E-state index contributed by atoms with van der Waals surface area (Å²) in [5, 5.41) is 5.86. The molecule has 3 N–H and O–H groups in total. The molecule has 0 saturated carbocycles. The zero-order chi connectivity index (χ0) is 12.6. The van der Waals surface area contributed by atoms with Gasteiger partial charge in [0, 0.05) is 22.5 Å². The van der Waals surface area contributed by atoms with Crippen LogP contribution >= 0.6 is 11.6 Å². The summed E-state index contributed by atoms with van der Waals surface area (Å²) in [6, 6.07) is 5.62. The first-order valence-corrected chi connectivity index (χ1v) is 5.87. The third-order valence-corrected chi connectivity index (χ3v) is 2.76. The lowest BCUT2D eigenvalue weighted by Crippen LogP contribution is -2.26. The maximum absolute atomic E-state index is 6.01. The number of fused-ring (bicyclic) bond motifs is 1. The van der Waals surface area contributed by atoms with Crippen LogP contribution in [0.5, 0.6) is 0 Å². The van der Waals surface area contributed by atoms with E-state index in [1.807, 2.05) is 12.1 Å². The predicted molar refractivity (Wildman–Crippen MR) is 74.5 cm³/mol. The molecule has 0 amide bonds. The number of halogens is 1. The van der Waals surface area contributed by atoms with Crippen molar-refractivity contribution in [2.75, 3.05) is 11.1 Å². The minimum absolute atomic E-state index is 0.0460. The summed E-state index contributed by atoms with van der Waals surface area (Å²) in [6.45, 7) is 6.27. The van der Waals surface area contributed by atoms with Crippen molar-refractivity contribution >= 4 is 33.9 Å². The van der Waals surface area contributed by atoms with E-state index in [1.165, 1.54) is 0 Å². The average Bonchev–Trinajstić information content (AvgIpc) is 2.22. The van der Waals surface area contributed by atoms with Crippen LogP contribution in [0.3, 0.4) is 0 Å². The molecule has 0 fully saturated rings. The van der Waals surface area contributed by atoms with Crippen LogP contribution < -0.4 is 11.1 Å². The number of rotatable bonds is 1. The number of nitrogens with zero attached hydrogens (tertiary/aromatic N) is 1. The van der Waals surface area contributed by atoms with E-state index in [4.69, 9.17) is 17.3 Å². The summed E-state index contributed by atoms with van der Waals surface area (Å²) >= 11 is 6.01. The first-order valence-electron chi connectivity index (χ1n) is 5.49. The second-order valence-electron chi connectivity index (χ2n) is 5.09. The number of benzene rings is 1. The van der Waals surface area contributed by atoms with Crippen molar-refractivity contribution in [2.45, 2.75) is 26.3 Å². The minimum atomic E-state index is -0.0460. The summed E-state index contributed by atoms with van der Waals surface area (Å²) in [4.78, 5) is 4.35. The van der Waals surface area contributed by atoms with Gasteiger partial charge in [-0.15, -0.1) is 0 Å². The molecule has 17 heavy (non-hydrogen) atoms. The Morgan fingerprint density at radius 2 is 1.88 bits per heavy atom. The first kappa shape index (κ1) is 12.0. The van der Waals surface area contributed by atoms with Gasteiger partial charge >= 0.3 is 0 Å². The highest BCUT2D eigenvalue weighted by molar-refractivity contribution is 6.34. The molecule has 0 spiro atoms. The number of nitrogens with one attached hydrogen (secondary N) is 1. The quantitative estimate of drug-likeness (QED) is 0.758. The Morgan fingerprint density at radius 1 is 1.18 bits per heavy atom. The van der Waals surface area contributed by atoms with Gasteiger partial charge in [0.2, 0.25) is 0 Å². The van der Waals surface area contributed by atoms with E-state index >= 15 is 0 Å². The van der Waals surface area contributed by atoms with Crippen LogP contribution in [-0.4, -0.2) is 10.5 Å². The molecule has 0 radical (unpaired) electrons. The molecule has 0 aliphatic heterocycles. The van der Waals surface area contributed by atoms with Crippen LogP contribution in [0.15, 0.2) is 24.4 Å². The van der Waals surface area contributed by atoms with E-state index in [0.717, 1.165) is 16.6 Å². The van der Waals surface area contributed by atoms with Gasteiger partial charge in [-0.05, 0) is 39.0 Å². The lowest BCUT2D eigenvalue weighted by atomic mass is 10.1. The molecule has 1 aromatic carbocycles. The van der Waals surface area contributed by atoms with Crippen molar-refractivity contribution in [1.29, 1.82) is 0 Å². The Balaban J connectivity index is 2.63. The number of aromatic nitrogens is 1. The standard InChI is InChI=1S/C13H16ClN3/c1-13(2,3)17-12-9-4-5-10(14)11(15)8(9)6-7-16-12/h4-7H,15H2,1-3H3,(H,16,17). The second-order valence-corrected chi connectivity index (χ2v) is 5.50. The molecule has 1 heterocycles. The summed E-state index contributed by atoms with van der Waals surface area (Å²) in [7, 11) is 0. The topological polar surface area (TPSA) is 50.9 Å². The van der Waals surface area contributed by atoms with Crippen LogP contribution in [0.4, 0.5) is 11.5 Å². The second kappa shape index (κ2) is 4.08. The molecule has 1 aromatic heterocycles. The average molecular weight is 250 g/mol. The smallest absolute Gasteiger partial charge is 0.134 e. The molecule has 2 rings (SSSR count). The van der Waals surface area contributed by atoms with E-state index < -0.39 is 0 Å². The molecule has 0 saturated heterocycles. The first-order chi connectivity index (χ1) is 7.88. The van der Waals surface area contributed by atoms with Crippen molar-refractivity contribution in [3.8, 4) is 0 Å². The number of anilines is 2. The highest BCUT2D eigenvalue weighted by atomic mass is 35.5. The minimum Gasteiger partial charge on any atom is -0.397 e. The molecule has 0 bridgehead atoms. The maximum Gasteiger partial charge on any atom is 0.134 e. The fraction of sp³-hybridized carbons (Fsp3) is 0.308. The Labute approximate surface area is 106 Å². The molecule has 3 nitrogen and oxygen atoms in total. The van der Waals surface area contributed by atoms with Crippen LogP contribution in [0.25, 0.3) is 10.8 Å². The highest BCUT2D eigenvalue weighted by Crippen LogP contribution is 2.32. The number of nitrogen functional groups attached to an aromatic ring is 1. The fourth-order valence-corrected chi connectivity index (χ4v) is 1.87. The predicted octanol–water partition coefficient (Wildman–Crippen LogP) is 3.68. The Kier molecular flexibility index (Phi) is 2.87. The lowest BCUT2D eigenvalue weighted by Gasteiger charge is -2.22. The van der Waals surface area contributed by atoms with Gasteiger partial charge in [-0.3, -0.25) is 0 Å². The number of hydrogen-bond donors (Lipinski definition) is 2. The third kappa shape index (κ3) is 2.44. The Bertz CT molecular complexity index is 558. The SMILES string of the molecule is CC(C)(C)Nc1nccc2c(N)c(Cl)ccc12. The highest BCUT2D eigenvalue weighted by Gasteiger charge is 2.13. The summed E-state index contributed by atoms with van der Waals surface area (Å²) in [5.74, 6) is 0.832. The number of hydrogen-bond acceptors (Lipinski definition) is 3. The van der Waals surface area contributed by atoms with Crippen molar-refractivity contribution in [3.05, 3.63) is 29.4 Å². The molecule has 0 unspecified atom stereocenters. The maximum atomic E-state index is 6.01. The largest absolute Gasteiger partial charge is 0.397 e. The summed E-state index contributed by atoms with van der Waals surface area (Å²) < 4.78 is 0. The van der Waals surface area contributed by atoms with E-state index in [-0.39, 0.29) is 5.54 Å². The Hall–Kier alpha value is -1.48. The molecule has 0 atom stereocenters. The van der Waals surface area contributed by atoms with Crippen molar-refractivity contribution in [1.82, 2.24) is 4.98 Å². The van der Waals surface area contributed by atoms with Gasteiger partial charge in [-0.25, -0.2) is 4.98 Å². The van der Waals surface area contributed by atoms with Gasteiger partial charge in [0.15, 0.2) is 0 Å².